The summed E-state index contributed by atoms with van der Waals surface area (Å²) in [5, 5.41) is 9.74. The number of rotatable bonds is 3. The molecule has 142 valence electrons. The number of alkyl halides is 3. The predicted molar refractivity (Wildman–Crippen MR) is 87.4 cm³/mol. The molecular formula is C18H21F3N2O3. The predicted octanol–water partition coefficient (Wildman–Crippen LogP) is 2.11. The average molecular weight is 370 g/mol. The summed E-state index contributed by atoms with van der Waals surface area (Å²) in [5.74, 6) is -1.37. The average Bonchev–Trinajstić information content (AvgIpc) is 2.94. The highest BCUT2D eigenvalue weighted by Gasteiger charge is 2.55. The second-order valence-corrected chi connectivity index (χ2v) is 7.33. The van der Waals surface area contributed by atoms with Gasteiger partial charge in [0.2, 0.25) is 5.91 Å². The van der Waals surface area contributed by atoms with Crippen molar-refractivity contribution in [2.45, 2.75) is 19.0 Å². The second-order valence-electron chi connectivity index (χ2n) is 7.33. The largest absolute Gasteiger partial charge is 0.481 e. The summed E-state index contributed by atoms with van der Waals surface area (Å²) in [7, 11) is 1.86. The van der Waals surface area contributed by atoms with Crippen LogP contribution in [0.2, 0.25) is 0 Å². The molecule has 1 N–H and O–H groups in total. The molecule has 1 aromatic carbocycles. The van der Waals surface area contributed by atoms with Gasteiger partial charge in [0.25, 0.3) is 0 Å². The van der Waals surface area contributed by atoms with Gasteiger partial charge in [-0.25, -0.2) is 0 Å². The van der Waals surface area contributed by atoms with E-state index in [2.05, 4.69) is 0 Å². The lowest BCUT2D eigenvalue weighted by molar-refractivity contribution is -0.154. The Kier molecular flexibility index (Phi) is 4.72. The molecule has 0 radical (unpaired) electrons. The Labute approximate surface area is 149 Å². The quantitative estimate of drug-likeness (QED) is 0.885. The number of amides is 1. The molecule has 2 saturated heterocycles. The molecule has 5 nitrogen and oxygen atoms in total. The molecule has 0 bridgehead atoms. The number of carboxylic acid groups (broad SMARTS) is 1. The number of piperidine rings is 1. The van der Waals surface area contributed by atoms with Crippen LogP contribution in [-0.2, 0) is 22.2 Å². The number of nitrogens with zero attached hydrogens (tertiary/aromatic N) is 2. The minimum absolute atomic E-state index is 0.106. The zero-order chi connectivity index (χ0) is 19.1. The van der Waals surface area contributed by atoms with Crippen molar-refractivity contribution < 1.29 is 27.9 Å². The van der Waals surface area contributed by atoms with Gasteiger partial charge >= 0.3 is 12.1 Å². The highest BCUT2D eigenvalue weighted by atomic mass is 19.4. The Hall–Kier alpha value is -2.09. The molecule has 2 heterocycles. The van der Waals surface area contributed by atoms with Gasteiger partial charge in [0.15, 0.2) is 0 Å². The highest BCUT2D eigenvalue weighted by molar-refractivity contribution is 5.82. The Morgan fingerprint density at radius 3 is 2.69 bits per heavy atom. The molecule has 0 saturated carbocycles. The van der Waals surface area contributed by atoms with Crippen LogP contribution >= 0.6 is 0 Å². The molecule has 0 spiro atoms. The minimum Gasteiger partial charge on any atom is -0.481 e. The zero-order valence-corrected chi connectivity index (χ0v) is 14.4. The number of carboxylic acids is 1. The fourth-order valence-electron chi connectivity index (χ4n) is 4.10. The van der Waals surface area contributed by atoms with Crippen molar-refractivity contribution in [3.05, 3.63) is 35.4 Å². The number of aliphatic carboxylic acids is 1. The van der Waals surface area contributed by atoms with Crippen molar-refractivity contribution >= 4 is 11.9 Å². The summed E-state index contributed by atoms with van der Waals surface area (Å²) < 4.78 is 38.5. The number of likely N-dealkylation sites (tertiary alicyclic amines) is 2. The topological polar surface area (TPSA) is 60.9 Å². The van der Waals surface area contributed by atoms with Gasteiger partial charge in [0.05, 0.1) is 12.0 Å². The van der Waals surface area contributed by atoms with Crippen LogP contribution in [-0.4, -0.2) is 60.0 Å². The highest BCUT2D eigenvalue weighted by Crippen LogP contribution is 2.42. The van der Waals surface area contributed by atoms with Gasteiger partial charge in [-0.05, 0) is 37.6 Å². The first-order valence-electron chi connectivity index (χ1n) is 8.48. The normalized spacial score (nSPS) is 26.6. The van der Waals surface area contributed by atoms with Crippen LogP contribution in [0.15, 0.2) is 24.3 Å². The fraction of sp³-hybridized carbons (Fsp3) is 0.556. The van der Waals surface area contributed by atoms with Crippen LogP contribution in [0.3, 0.4) is 0 Å². The Morgan fingerprint density at radius 1 is 1.31 bits per heavy atom. The van der Waals surface area contributed by atoms with Gasteiger partial charge in [-0.15, -0.1) is 0 Å². The number of hydrogen-bond donors (Lipinski definition) is 1. The van der Waals surface area contributed by atoms with Crippen molar-refractivity contribution in [3.8, 4) is 0 Å². The molecule has 0 aliphatic carbocycles. The molecule has 26 heavy (non-hydrogen) atoms. The van der Waals surface area contributed by atoms with Crippen molar-refractivity contribution in [3.63, 3.8) is 0 Å². The van der Waals surface area contributed by atoms with E-state index in [4.69, 9.17) is 0 Å². The van der Waals surface area contributed by atoms with E-state index in [0.29, 0.717) is 19.5 Å². The summed E-state index contributed by atoms with van der Waals surface area (Å²) in [6.45, 7) is 1.60. The van der Waals surface area contributed by atoms with Crippen molar-refractivity contribution in [1.82, 2.24) is 9.80 Å². The van der Waals surface area contributed by atoms with E-state index in [1.54, 1.807) is 0 Å². The molecule has 0 unspecified atom stereocenters. The van der Waals surface area contributed by atoms with Crippen LogP contribution in [0.1, 0.15) is 17.5 Å². The molecule has 1 aromatic rings. The van der Waals surface area contributed by atoms with Crippen LogP contribution in [0.5, 0.6) is 0 Å². The Morgan fingerprint density at radius 2 is 2.04 bits per heavy atom. The van der Waals surface area contributed by atoms with Crippen LogP contribution in [0, 0.1) is 11.3 Å². The third-order valence-corrected chi connectivity index (χ3v) is 5.49. The fourth-order valence-corrected chi connectivity index (χ4v) is 4.10. The third-order valence-electron chi connectivity index (χ3n) is 5.49. The summed E-state index contributed by atoms with van der Waals surface area (Å²) in [6, 6.07) is 4.70. The Bertz CT molecular complexity index is 722. The first kappa shape index (κ1) is 18.7. The van der Waals surface area contributed by atoms with E-state index < -0.39 is 23.1 Å². The van der Waals surface area contributed by atoms with E-state index in [9.17, 15) is 27.9 Å². The van der Waals surface area contributed by atoms with Gasteiger partial charge in [0, 0.05) is 19.6 Å². The molecule has 3 rings (SSSR count). The molecule has 0 aromatic heterocycles. The molecule has 1 amide bonds. The lowest BCUT2D eigenvalue weighted by Gasteiger charge is -2.39. The van der Waals surface area contributed by atoms with Gasteiger partial charge in [-0.1, -0.05) is 18.2 Å². The number of benzene rings is 1. The Balaban J connectivity index is 1.75. The lowest BCUT2D eigenvalue weighted by atomic mass is 9.73. The van der Waals surface area contributed by atoms with Gasteiger partial charge in [0.1, 0.15) is 5.41 Å². The number of fused-ring (bicyclic) bond motifs is 1. The summed E-state index contributed by atoms with van der Waals surface area (Å²) in [4.78, 5) is 27.9. The van der Waals surface area contributed by atoms with Gasteiger partial charge in [-0.2, -0.15) is 13.2 Å². The smallest absolute Gasteiger partial charge is 0.416 e. The maximum Gasteiger partial charge on any atom is 0.416 e. The van der Waals surface area contributed by atoms with E-state index in [1.165, 1.54) is 17.0 Å². The SMILES string of the molecule is CN1CC[C@H]2CN(C(=O)Cc3cccc(C(F)(F)F)c3)C[C@@]2(C(=O)O)C1. The molecule has 2 aliphatic rings. The van der Waals surface area contributed by atoms with Gasteiger partial charge < -0.3 is 14.9 Å². The van der Waals surface area contributed by atoms with E-state index >= 15 is 0 Å². The van der Waals surface area contributed by atoms with Crippen molar-refractivity contribution in [2.24, 2.45) is 11.3 Å². The maximum absolute atomic E-state index is 12.8. The van der Waals surface area contributed by atoms with Crippen molar-refractivity contribution in [2.75, 3.05) is 33.2 Å². The van der Waals surface area contributed by atoms with E-state index in [0.717, 1.165) is 18.7 Å². The molecule has 2 aliphatic heterocycles. The standard InChI is InChI=1S/C18H21F3N2O3/c1-22-6-5-14-9-23(11-17(14,10-22)16(25)26)15(24)8-12-3-2-4-13(7-12)18(19,20)21/h2-4,7,14H,5-6,8-11H2,1H3,(H,25,26)/t14-,17-/m0/s1. The van der Waals surface area contributed by atoms with E-state index in [-0.39, 0.29) is 30.4 Å². The lowest BCUT2D eigenvalue weighted by Crippen LogP contribution is -2.52. The molecule has 2 fully saturated rings. The molecular weight excluding hydrogens is 349 g/mol. The third kappa shape index (κ3) is 3.42. The minimum atomic E-state index is -4.46. The van der Waals surface area contributed by atoms with E-state index in [1.807, 2.05) is 11.9 Å². The zero-order valence-electron chi connectivity index (χ0n) is 14.4. The summed E-state index contributed by atoms with van der Waals surface area (Å²) >= 11 is 0. The first-order chi connectivity index (χ1) is 12.1. The van der Waals surface area contributed by atoms with Crippen LogP contribution < -0.4 is 0 Å². The van der Waals surface area contributed by atoms with Crippen LogP contribution in [0.4, 0.5) is 13.2 Å². The number of carbonyl (C=O) groups is 2. The maximum atomic E-state index is 12.8. The number of hydrogen-bond acceptors (Lipinski definition) is 3. The monoisotopic (exact) mass is 370 g/mol. The number of carbonyl (C=O) groups excluding carboxylic acids is 1. The molecule has 2 atom stereocenters. The van der Waals surface area contributed by atoms with Crippen LogP contribution in [0.25, 0.3) is 0 Å². The van der Waals surface area contributed by atoms with Gasteiger partial charge in [-0.3, -0.25) is 9.59 Å². The molecule has 8 heteroatoms. The summed E-state index contributed by atoms with van der Waals surface area (Å²) in [5.41, 5.74) is -1.50. The number of halogens is 3. The summed E-state index contributed by atoms with van der Waals surface area (Å²) in [6.07, 6.45) is -3.93. The first-order valence-corrected chi connectivity index (χ1v) is 8.48. The second kappa shape index (κ2) is 6.57. The van der Waals surface area contributed by atoms with Crippen molar-refractivity contribution in [1.29, 1.82) is 0 Å².